The number of thioether (sulfide) groups is 1. The smallest absolute Gasteiger partial charge is 0.237 e. The summed E-state index contributed by atoms with van der Waals surface area (Å²) in [5.74, 6) is 0.858. The fourth-order valence-electron chi connectivity index (χ4n) is 2.41. The number of ether oxygens (including phenoxy) is 2. The van der Waals surface area contributed by atoms with Crippen molar-refractivity contribution in [2.24, 2.45) is 0 Å². The zero-order valence-corrected chi connectivity index (χ0v) is 17.1. The number of amides is 2. The van der Waals surface area contributed by atoms with Crippen LogP contribution in [-0.4, -0.2) is 29.6 Å². The quantitative estimate of drug-likeness (QED) is 0.615. The van der Waals surface area contributed by atoms with Gasteiger partial charge in [0.2, 0.25) is 18.6 Å². The lowest BCUT2D eigenvalue weighted by Gasteiger charge is -2.14. The van der Waals surface area contributed by atoms with E-state index in [1.165, 1.54) is 11.8 Å². The predicted molar refractivity (Wildman–Crippen MR) is 115 cm³/mol. The lowest BCUT2D eigenvalue weighted by atomic mass is 10.2. The lowest BCUT2D eigenvalue weighted by Crippen LogP contribution is -2.25. The zero-order chi connectivity index (χ0) is 19.4. The van der Waals surface area contributed by atoms with E-state index in [4.69, 9.17) is 15.2 Å². The maximum Gasteiger partial charge on any atom is 0.237 e. The maximum atomic E-state index is 12.4. The number of anilines is 3. The van der Waals surface area contributed by atoms with Gasteiger partial charge in [0.15, 0.2) is 11.5 Å². The molecule has 0 saturated heterocycles. The Morgan fingerprint density at radius 2 is 1.79 bits per heavy atom. The topological polar surface area (TPSA) is 103 Å². The molecule has 0 aliphatic carbocycles. The Bertz CT molecular complexity index is 861. The molecule has 0 bridgehead atoms. The first-order chi connectivity index (χ1) is 12.9. The summed E-state index contributed by atoms with van der Waals surface area (Å²) in [7, 11) is 0. The SMILES string of the molecule is Cc1ccc(NC(=O)CSC(C)C(=O)Nc2cc3c(cc2N)OCO3)cc1.Cl. The number of aryl methyl sites for hydroxylation is 1. The maximum absolute atomic E-state index is 12.4. The van der Waals surface area contributed by atoms with Gasteiger partial charge in [0.25, 0.3) is 0 Å². The van der Waals surface area contributed by atoms with Crippen molar-refractivity contribution in [1.29, 1.82) is 0 Å². The van der Waals surface area contributed by atoms with E-state index in [0.29, 0.717) is 22.9 Å². The van der Waals surface area contributed by atoms with Crippen LogP contribution in [0.15, 0.2) is 36.4 Å². The van der Waals surface area contributed by atoms with E-state index in [-0.39, 0.29) is 36.8 Å². The molecule has 1 aliphatic heterocycles. The average molecular weight is 424 g/mol. The van der Waals surface area contributed by atoms with Crippen LogP contribution in [0, 0.1) is 6.92 Å². The first-order valence-electron chi connectivity index (χ1n) is 8.40. The van der Waals surface area contributed by atoms with Crippen LogP contribution < -0.4 is 25.8 Å². The summed E-state index contributed by atoms with van der Waals surface area (Å²) in [6, 6.07) is 10.8. The standard InChI is InChI=1S/C19H21N3O4S.ClH/c1-11-3-5-13(6-4-11)21-18(23)9-27-12(2)19(24)22-15-8-17-16(7-14(15)20)25-10-26-17;/h3-8,12H,9-10,20H2,1-2H3,(H,21,23)(H,22,24);1H. The van der Waals surface area contributed by atoms with Crippen molar-refractivity contribution in [2.75, 3.05) is 28.9 Å². The highest BCUT2D eigenvalue weighted by atomic mass is 35.5. The van der Waals surface area contributed by atoms with E-state index in [9.17, 15) is 9.59 Å². The lowest BCUT2D eigenvalue weighted by molar-refractivity contribution is -0.115. The summed E-state index contributed by atoms with van der Waals surface area (Å²) in [4.78, 5) is 24.4. The van der Waals surface area contributed by atoms with Crippen LogP contribution >= 0.6 is 24.2 Å². The van der Waals surface area contributed by atoms with Gasteiger partial charge in [-0.05, 0) is 26.0 Å². The monoisotopic (exact) mass is 423 g/mol. The van der Waals surface area contributed by atoms with Gasteiger partial charge in [-0.25, -0.2) is 0 Å². The minimum atomic E-state index is -0.432. The summed E-state index contributed by atoms with van der Waals surface area (Å²) >= 11 is 1.24. The Kier molecular flexibility index (Phi) is 7.42. The molecule has 28 heavy (non-hydrogen) atoms. The van der Waals surface area contributed by atoms with Crippen molar-refractivity contribution >= 4 is 53.0 Å². The summed E-state index contributed by atoms with van der Waals surface area (Å²) in [6.07, 6.45) is 0. The molecular formula is C19H22ClN3O4S. The van der Waals surface area contributed by atoms with Gasteiger partial charge in [0.1, 0.15) is 0 Å². The molecule has 0 fully saturated rings. The number of nitrogen functional groups attached to an aromatic ring is 1. The summed E-state index contributed by atoms with van der Waals surface area (Å²) < 4.78 is 10.5. The molecule has 1 heterocycles. The molecule has 2 aromatic carbocycles. The van der Waals surface area contributed by atoms with Gasteiger partial charge in [-0.3, -0.25) is 9.59 Å². The number of halogens is 1. The van der Waals surface area contributed by atoms with Crippen LogP contribution in [0.4, 0.5) is 17.1 Å². The third-order valence-corrected chi connectivity index (χ3v) is 5.11. The normalized spacial score (nSPS) is 12.6. The Morgan fingerprint density at radius 3 is 2.46 bits per heavy atom. The molecule has 9 heteroatoms. The molecule has 0 aromatic heterocycles. The number of nitrogens with two attached hydrogens (primary N) is 1. The van der Waals surface area contributed by atoms with Crippen molar-refractivity contribution in [2.45, 2.75) is 19.1 Å². The number of hydrogen-bond donors (Lipinski definition) is 3. The second kappa shape index (κ2) is 9.57. The van der Waals surface area contributed by atoms with Crippen molar-refractivity contribution in [1.82, 2.24) is 0 Å². The van der Waals surface area contributed by atoms with Gasteiger partial charge < -0.3 is 25.8 Å². The highest BCUT2D eigenvalue weighted by Gasteiger charge is 2.20. The molecule has 0 spiro atoms. The molecular weight excluding hydrogens is 402 g/mol. The molecule has 150 valence electrons. The van der Waals surface area contributed by atoms with Crippen molar-refractivity contribution in [3.8, 4) is 11.5 Å². The van der Waals surface area contributed by atoms with Crippen LogP contribution in [0.25, 0.3) is 0 Å². The minimum Gasteiger partial charge on any atom is -0.454 e. The molecule has 3 rings (SSSR count). The second-order valence-electron chi connectivity index (χ2n) is 6.15. The van der Waals surface area contributed by atoms with E-state index in [1.807, 2.05) is 31.2 Å². The Morgan fingerprint density at radius 1 is 1.14 bits per heavy atom. The van der Waals surface area contributed by atoms with Gasteiger partial charge in [0.05, 0.1) is 22.4 Å². The molecule has 1 aliphatic rings. The predicted octanol–water partition coefficient (Wildman–Crippen LogP) is 3.43. The van der Waals surface area contributed by atoms with Crippen LogP contribution in [-0.2, 0) is 9.59 Å². The molecule has 2 aromatic rings. The first kappa shape index (κ1) is 21.7. The molecule has 0 radical (unpaired) electrons. The number of carbonyl (C=O) groups excluding carboxylic acids is 2. The number of rotatable bonds is 6. The van der Waals surface area contributed by atoms with Gasteiger partial charge >= 0.3 is 0 Å². The molecule has 1 atom stereocenters. The van der Waals surface area contributed by atoms with Crippen LogP contribution in [0.2, 0.25) is 0 Å². The highest BCUT2D eigenvalue weighted by Crippen LogP contribution is 2.38. The van der Waals surface area contributed by atoms with E-state index >= 15 is 0 Å². The van der Waals surface area contributed by atoms with Crippen LogP contribution in [0.5, 0.6) is 11.5 Å². The Balaban J connectivity index is 0.00000280. The van der Waals surface area contributed by atoms with E-state index in [2.05, 4.69) is 10.6 Å². The molecule has 0 saturated carbocycles. The fraction of sp³-hybridized carbons (Fsp3) is 0.263. The van der Waals surface area contributed by atoms with E-state index in [1.54, 1.807) is 19.1 Å². The molecule has 2 amide bonds. The molecule has 4 N–H and O–H groups in total. The van der Waals surface area contributed by atoms with Crippen LogP contribution in [0.1, 0.15) is 12.5 Å². The number of benzene rings is 2. The average Bonchev–Trinajstić information content (AvgIpc) is 3.09. The highest BCUT2D eigenvalue weighted by molar-refractivity contribution is 8.01. The molecule has 7 nitrogen and oxygen atoms in total. The third kappa shape index (κ3) is 5.46. The number of hydrogen-bond acceptors (Lipinski definition) is 6. The third-order valence-electron chi connectivity index (χ3n) is 3.97. The van der Waals surface area contributed by atoms with Crippen molar-refractivity contribution in [3.05, 3.63) is 42.0 Å². The zero-order valence-electron chi connectivity index (χ0n) is 15.5. The fourth-order valence-corrected chi connectivity index (χ4v) is 3.09. The van der Waals surface area contributed by atoms with E-state index in [0.717, 1.165) is 11.3 Å². The van der Waals surface area contributed by atoms with Crippen LogP contribution in [0.3, 0.4) is 0 Å². The first-order valence-corrected chi connectivity index (χ1v) is 9.45. The minimum absolute atomic E-state index is 0. The Hall–Kier alpha value is -2.58. The number of carbonyl (C=O) groups is 2. The van der Waals surface area contributed by atoms with E-state index < -0.39 is 5.25 Å². The summed E-state index contributed by atoms with van der Waals surface area (Å²) in [6.45, 7) is 3.85. The number of nitrogens with one attached hydrogen (secondary N) is 2. The summed E-state index contributed by atoms with van der Waals surface area (Å²) in [5.41, 5.74) is 8.64. The van der Waals surface area contributed by atoms with Gasteiger partial charge in [-0.15, -0.1) is 24.2 Å². The molecule has 1 unspecified atom stereocenters. The largest absolute Gasteiger partial charge is 0.454 e. The van der Waals surface area contributed by atoms with Crippen molar-refractivity contribution < 1.29 is 19.1 Å². The summed E-state index contributed by atoms with van der Waals surface area (Å²) in [5, 5.41) is 5.14. The number of fused-ring (bicyclic) bond motifs is 1. The Labute approximate surface area is 173 Å². The van der Waals surface area contributed by atoms with Gasteiger partial charge in [0, 0.05) is 17.8 Å². The second-order valence-corrected chi connectivity index (χ2v) is 7.48. The van der Waals surface area contributed by atoms with Gasteiger partial charge in [-0.1, -0.05) is 17.7 Å². The van der Waals surface area contributed by atoms with Gasteiger partial charge in [-0.2, -0.15) is 0 Å². The van der Waals surface area contributed by atoms with Crippen molar-refractivity contribution in [3.63, 3.8) is 0 Å².